The van der Waals surface area contributed by atoms with E-state index in [1.807, 2.05) is 26.0 Å². The van der Waals surface area contributed by atoms with E-state index in [9.17, 15) is 20.0 Å². The van der Waals surface area contributed by atoms with Crippen LogP contribution in [0.1, 0.15) is 25.6 Å². The molecule has 0 spiro atoms. The Balaban J connectivity index is 1.68. The van der Waals surface area contributed by atoms with Crippen molar-refractivity contribution in [2.24, 2.45) is 5.92 Å². The van der Waals surface area contributed by atoms with Gasteiger partial charge in [-0.05, 0) is 24.1 Å². The molecule has 4 aromatic rings. The highest BCUT2D eigenvalue weighted by atomic mass is 16.6. The number of non-ortho nitro benzene ring substituents is 1. The SMILES string of the molecule is CC(C)COC(=O)Nc1cccc(C(O)Nc2c3ccccc3nc3c([N+](=O)[O-])cccc23)c1. The summed E-state index contributed by atoms with van der Waals surface area (Å²) in [5, 5.41) is 29.5. The molecule has 9 heteroatoms. The minimum Gasteiger partial charge on any atom is -0.449 e. The van der Waals surface area contributed by atoms with Gasteiger partial charge in [0.1, 0.15) is 0 Å². The van der Waals surface area contributed by atoms with Gasteiger partial charge < -0.3 is 15.2 Å². The van der Waals surface area contributed by atoms with Crippen molar-refractivity contribution in [3.63, 3.8) is 0 Å². The van der Waals surface area contributed by atoms with E-state index in [0.717, 1.165) is 0 Å². The summed E-state index contributed by atoms with van der Waals surface area (Å²) in [7, 11) is 0. The fraction of sp³-hybridized carbons (Fsp3) is 0.200. The smallest absolute Gasteiger partial charge is 0.411 e. The van der Waals surface area contributed by atoms with Crippen LogP contribution in [0.2, 0.25) is 0 Å². The summed E-state index contributed by atoms with van der Waals surface area (Å²) < 4.78 is 5.14. The van der Waals surface area contributed by atoms with Crippen molar-refractivity contribution in [2.45, 2.75) is 20.1 Å². The molecule has 1 unspecified atom stereocenters. The Bertz CT molecular complexity index is 1370. The number of pyridine rings is 1. The maximum Gasteiger partial charge on any atom is 0.411 e. The second-order valence-corrected chi connectivity index (χ2v) is 8.22. The fourth-order valence-electron chi connectivity index (χ4n) is 3.60. The number of hydrogen-bond acceptors (Lipinski definition) is 7. The number of nitro benzene ring substituents is 1. The molecule has 3 N–H and O–H groups in total. The summed E-state index contributed by atoms with van der Waals surface area (Å²) in [6.45, 7) is 4.18. The van der Waals surface area contributed by atoms with Gasteiger partial charge in [-0.1, -0.05) is 56.3 Å². The minimum atomic E-state index is -1.17. The molecule has 1 heterocycles. The first-order valence-corrected chi connectivity index (χ1v) is 10.8. The van der Waals surface area contributed by atoms with Crippen molar-refractivity contribution in [1.82, 2.24) is 4.98 Å². The third-order valence-electron chi connectivity index (χ3n) is 5.16. The van der Waals surface area contributed by atoms with E-state index in [4.69, 9.17) is 4.74 Å². The number of aliphatic hydroxyl groups excluding tert-OH is 1. The van der Waals surface area contributed by atoms with Crippen LogP contribution in [0.25, 0.3) is 21.8 Å². The van der Waals surface area contributed by atoms with E-state index in [0.29, 0.717) is 39.8 Å². The summed E-state index contributed by atoms with van der Waals surface area (Å²) in [6, 6.07) is 18.6. The third-order valence-corrected chi connectivity index (χ3v) is 5.16. The average Bonchev–Trinajstić information content (AvgIpc) is 2.82. The van der Waals surface area contributed by atoms with Crippen LogP contribution in [0, 0.1) is 16.0 Å². The molecule has 0 fully saturated rings. The number of nitrogens with zero attached hydrogens (tertiary/aromatic N) is 2. The van der Waals surface area contributed by atoms with Crippen LogP contribution < -0.4 is 10.6 Å². The molecular weight excluding hydrogens is 436 g/mol. The van der Waals surface area contributed by atoms with Crippen LogP contribution in [-0.4, -0.2) is 27.7 Å². The number of hydrogen-bond donors (Lipinski definition) is 3. The zero-order chi connectivity index (χ0) is 24.2. The number of carbonyl (C=O) groups is 1. The van der Waals surface area contributed by atoms with E-state index < -0.39 is 17.2 Å². The third kappa shape index (κ3) is 4.89. The van der Waals surface area contributed by atoms with Gasteiger partial charge in [-0.2, -0.15) is 0 Å². The molecule has 174 valence electrons. The molecule has 0 aliphatic rings. The van der Waals surface area contributed by atoms with Crippen molar-refractivity contribution >= 4 is 45.0 Å². The van der Waals surface area contributed by atoms with Crippen LogP contribution in [-0.2, 0) is 4.74 Å². The molecule has 3 aromatic carbocycles. The molecule has 0 saturated heterocycles. The van der Waals surface area contributed by atoms with Crippen molar-refractivity contribution in [3.8, 4) is 0 Å². The lowest BCUT2D eigenvalue weighted by Crippen LogP contribution is -2.17. The Morgan fingerprint density at radius 2 is 1.82 bits per heavy atom. The monoisotopic (exact) mass is 460 g/mol. The van der Waals surface area contributed by atoms with Crippen LogP contribution >= 0.6 is 0 Å². The van der Waals surface area contributed by atoms with Gasteiger partial charge in [0.25, 0.3) is 5.69 Å². The van der Waals surface area contributed by atoms with Crippen LogP contribution in [0.3, 0.4) is 0 Å². The van der Waals surface area contributed by atoms with Gasteiger partial charge in [0.05, 0.1) is 22.7 Å². The number of carbonyl (C=O) groups excluding carboxylic acids is 1. The van der Waals surface area contributed by atoms with Gasteiger partial charge in [-0.25, -0.2) is 9.78 Å². The van der Waals surface area contributed by atoms with Gasteiger partial charge >= 0.3 is 6.09 Å². The van der Waals surface area contributed by atoms with E-state index in [-0.39, 0.29) is 17.1 Å². The van der Waals surface area contributed by atoms with E-state index >= 15 is 0 Å². The Hall–Kier alpha value is -4.24. The number of amides is 1. The molecule has 0 aliphatic carbocycles. The van der Waals surface area contributed by atoms with E-state index in [1.165, 1.54) is 6.07 Å². The molecule has 1 atom stereocenters. The summed E-state index contributed by atoms with van der Waals surface area (Å²) in [5.41, 5.74) is 2.14. The maximum absolute atomic E-state index is 12.0. The van der Waals surface area contributed by atoms with Crippen molar-refractivity contribution in [2.75, 3.05) is 17.2 Å². The zero-order valence-corrected chi connectivity index (χ0v) is 18.7. The Kier molecular flexibility index (Phi) is 6.55. The first-order chi connectivity index (χ1) is 16.3. The fourth-order valence-corrected chi connectivity index (χ4v) is 3.60. The molecule has 1 aromatic heterocycles. The summed E-state index contributed by atoms with van der Waals surface area (Å²) in [5.74, 6) is 0.212. The van der Waals surface area contributed by atoms with Crippen molar-refractivity contribution < 1.29 is 19.6 Å². The number of para-hydroxylation sites is 2. The number of aromatic nitrogens is 1. The quantitative estimate of drug-likeness (QED) is 0.142. The number of aliphatic hydroxyl groups is 1. The topological polar surface area (TPSA) is 127 Å². The number of nitrogens with one attached hydrogen (secondary N) is 2. The summed E-state index contributed by atoms with van der Waals surface area (Å²) >= 11 is 0. The number of nitro groups is 1. The molecule has 0 bridgehead atoms. The summed E-state index contributed by atoms with van der Waals surface area (Å²) in [6.07, 6.45) is -1.74. The molecule has 34 heavy (non-hydrogen) atoms. The van der Waals surface area contributed by atoms with Crippen LogP contribution in [0.4, 0.5) is 21.9 Å². The number of rotatable bonds is 7. The largest absolute Gasteiger partial charge is 0.449 e. The Morgan fingerprint density at radius 3 is 2.59 bits per heavy atom. The molecule has 0 saturated carbocycles. The highest BCUT2D eigenvalue weighted by Crippen LogP contribution is 2.36. The Morgan fingerprint density at radius 1 is 1.09 bits per heavy atom. The highest BCUT2D eigenvalue weighted by molar-refractivity contribution is 6.09. The van der Waals surface area contributed by atoms with Crippen LogP contribution in [0.5, 0.6) is 0 Å². The number of ether oxygens (including phenoxy) is 1. The molecule has 0 aliphatic heterocycles. The number of benzene rings is 3. The lowest BCUT2D eigenvalue weighted by atomic mass is 10.1. The first kappa shape index (κ1) is 22.9. The van der Waals surface area contributed by atoms with Gasteiger partial charge in [0, 0.05) is 28.1 Å². The zero-order valence-electron chi connectivity index (χ0n) is 18.7. The predicted molar refractivity (Wildman–Crippen MR) is 131 cm³/mol. The van der Waals surface area contributed by atoms with Crippen molar-refractivity contribution in [1.29, 1.82) is 0 Å². The van der Waals surface area contributed by atoms with Gasteiger partial charge in [-0.15, -0.1) is 0 Å². The average molecular weight is 460 g/mol. The van der Waals surface area contributed by atoms with Crippen LogP contribution in [0.15, 0.2) is 66.7 Å². The number of anilines is 2. The predicted octanol–water partition coefficient (Wildman–Crippen LogP) is 5.60. The molecule has 9 nitrogen and oxygen atoms in total. The second kappa shape index (κ2) is 9.72. The lowest BCUT2D eigenvalue weighted by Gasteiger charge is -2.19. The van der Waals surface area contributed by atoms with E-state index in [2.05, 4.69) is 15.6 Å². The van der Waals surface area contributed by atoms with Crippen molar-refractivity contribution in [3.05, 3.63) is 82.4 Å². The first-order valence-electron chi connectivity index (χ1n) is 10.8. The van der Waals surface area contributed by atoms with Gasteiger partial charge in [0.15, 0.2) is 11.7 Å². The number of fused-ring (bicyclic) bond motifs is 2. The maximum atomic E-state index is 12.0. The molecule has 0 radical (unpaired) electrons. The standard InChI is InChI=1S/C25H24N4O5/c1-15(2)14-34-25(31)26-17-8-5-7-16(13-17)24(30)28-22-18-9-3-4-11-20(18)27-23-19(22)10-6-12-21(23)29(32)33/h3-13,15,24,30H,14H2,1-2H3,(H,26,31)(H,27,28). The van der Waals surface area contributed by atoms with Gasteiger partial charge in [-0.3, -0.25) is 15.4 Å². The normalized spacial score (nSPS) is 12.0. The molecule has 1 amide bonds. The lowest BCUT2D eigenvalue weighted by molar-refractivity contribution is -0.383. The molecule has 4 rings (SSSR count). The molecular formula is C25H24N4O5. The van der Waals surface area contributed by atoms with Gasteiger partial charge in [0.2, 0.25) is 0 Å². The summed E-state index contributed by atoms with van der Waals surface area (Å²) in [4.78, 5) is 27.6. The highest BCUT2D eigenvalue weighted by Gasteiger charge is 2.19. The van der Waals surface area contributed by atoms with E-state index in [1.54, 1.807) is 48.5 Å². The second-order valence-electron chi connectivity index (χ2n) is 8.22. The Labute approximate surface area is 195 Å². The minimum absolute atomic E-state index is 0.119.